The Bertz CT molecular complexity index is 228. The zero-order chi connectivity index (χ0) is 12.0. The molecule has 16 heavy (non-hydrogen) atoms. The standard InChI is InChI=1S/C13H23NO2/c1-10(2)11-5-3-7-12(8-4-6-11)14-13(16)9-15/h9-12H,3-8H2,1-2H3,(H,14,16). The molecule has 0 bridgehead atoms. The van der Waals surface area contributed by atoms with Gasteiger partial charge in [-0.05, 0) is 24.7 Å². The number of nitrogens with one attached hydrogen (secondary N) is 1. The van der Waals surface area contributed by atoms with Crippen molar-refractivity contribution in [2.75, 3.05) is 0 Å². The zero-order valence-corrected chi connectivity index (χ0v) is 10.4. The van der Waals surface area contributed by atoms with Gasteiger partial charge in [-0.15, -0.1) is 0 Å². The lowest BCUT2D eigenvalue weighted by molar-refractivity contribution is -0.131. The number of aldehydes is 1. The van der Waals surface area contributed by atoms with E-state index in [4.69, 9.17) is 0 Å². The maximum Gasteiger partial charge on any atom is 0.284 e. The smallest absolute Gasteiger partial charge is 0.284 e. The minimum Gasteiger partial charge on any atom is -0.347 e. The fraction of sp³-hybridized carbons (Fsp3) is 0.846. The summed E-state index contributed by atoms with van der Waals surface area (Å²) in [6.07, 6.45) is 7.23. The number of amides is 1. The Morgan fingerprint density at radius 2 is 1.75 bits per heavy atom. The minimum absolute atomic E-state index is 0.214. The molecule has 1 aliphatic carbocycles. The van der Waals surface area contributed by atoms with Gasteiger partial charge >= 0.3 is 0 Å². The van der Waals surface area contributed by atoms with Gasteiger partial charge in [-0.2, -0.15) is 0 Å². The van der Waals surface area contributed by atoms with Gasteiger partial charge < -0.3 is 5.32 Å². The highest BCUT2D eigenvalue weighted by Crippen LogP contribution is 2.27. The lowest BCUT2D eigenvalue weighted by Crippen LogP contribution is -2.36. The Kier molecular flexibility index (Phi) is 5.50. The van der Waals surface area contributed by atoms with Gasteiger partial charge in [0.2, 0.25) is 6.29 Å². The van der Waals surface area contributed by atoms with Gasteiger partial charge in [0.1, 0.15) is 0 Å². The molecule has 0 aromatic carbocycles. The second kappa shape index (κ2) is 6.66. The molecule has 1 aliphatic rings. The van der Waals surface area contributed by atoms with E-state index in [1.807, 2.05) is 0 Å². The summed E-state index contributed by atoms with van der Waals surface area (Å²) in [6, 6.07) is 0.214. The topological polar surface area (TPSA) is 46.2 Å². The maximum absolute atomic E-state index is 11.0. The Morgan fingerprint density at radius 3 is 2.19 bits per heavy atom. The Morgan fingerprint density at radius 1 is 1.19 bits per heavy atom. The van der Waals surface area contributed by atoms with Gasteiger partial charge in [0, 0.05) is 6.04 Å². The predicted molar refractivity (Wildman–Crippen MR) is 64.0 cm³/mol. The van der Waals surface area contributed by atoms with Crippen LogP contribution in [0.1, 0.15) is 52.4 Å². The van der Waals surface area contributed by atoms with Crippen molar-refractivity contribution in [2.24, 2.45) is 11.8 Å². The van der Waals surface area contributed by atoms with Crippen molar-refractivity contribution in [1.82, 2.24) is 5.32 Å². The molecule has 1 amide bonds. The van der Waals surface area contributed by atoms with Crippen LogP contribution in [0.2, 0.25) is 0 Å². The molecule has 0 atom stereocenters. The summed E-state index contributed by atoms with van der Waals surface area (Å²) >= 11 is 0. The molecule has 1 fully saturated rings. The summed E-state index contributed by atoms with van der Waals surface area (Å²) in [5.41, 5.74) is 0. The molecule has 1 saturated carbocycles. The highest BCUT2D eigenvalue weighted by atomic mass is 16.2. The third kappa shape index (κ3) is 4.33. The average Bonchev–Trinajstić information content (AvgIpc) is 2.21. The molecule has 0 unspecified atom stereocenters. The molecular formula is C13H23NO2. The third-order valence-corrected chi connectivity index (χ3v) is 3.65. The molecule has 3 nitrogen and oxygen atoms in total. The van der Waals surface area contributed by atoms with Crippen LogP contribution in [0.5, 0.6) is 0 Å². The first-order chi connectivity index (χ1) is 7.63. The zero-order valence-electron chi connectivity index (χ0n) is 10.4. The van der Waals surface area contributed by atoms with Crippen LogP contribution in [-0.4, -0.2) is 18.2 Å². The highest BCUT2D eigenvalue weighted by Gasteiger charge is 2.19. The Labute approximate surface area is 98.0 Å². The summed E-state index contributed by atoms with van der Waals surface area (Å²) in [5, 5.41) is 2.77. The van der Waals surface area contributed by atoms with Gasteiger partial charge in [0.25, 0.3) is 5.91 Å². The molecule has 0 aromatic heterocycles. The first kappa shape index (κ1) is 13.2. The van der Waals surface area contributed by atoms with Crippen molar-refractivity contribution in [3.8, 4) is 0 Å². The number of carbonyl (C=O) groups excluding carboxylic acids is 2. The van der Waals surface area contributed by atoms with Crippen LogP contribution in [0.15, 0.2) is 0 Å². The van der Waals surface area contributed by atoms with Crippen LogP contribution in [0.3, 0.4) is 0 Å². The van der Waals surface area contributed by atoms with Crippen molar-refractivity contribution in [1.29, 1.82) is 0 Å². The molecule has 0 aliphatic heterocycles. The fourth-order valence-electron chi connectivity index (χ4n) is 2.59. The second-order valence-electron chi connectivity index (χ2n) is 5.19. The predicted octanol–water partition coefficient (Wildman–Crippen LogP) is 2.30. The van der Waals surface area contributed by atoms with Crippen LogP contribution in [0.25, 0.3) is 0 Å². The summed E-state index contributed by atoms with van der Waals surface area (Å²) in [6.45, 7) is 4.58. The normalized spacial score (nSPS) is 26.9. The van der Waals surface area contributed by atoms with E-state index < -0.39 is 5.91 Å². The Balaban J connectivity index is 2.35. The molecular weight excluding hydrogens is 202 g/mol. The van der Waals surface area contributed by atoms with Crippen molar-refractivity contribution in [2.45, 2.75) is 58.4 Å². The largest absolute Gasteiger partial charge is 0.347 e. The van der Waals surface area contributed by atoms with Crippen molar-refractivity contribution < 1.29 is 9.59 Å². The van der Waals surface area contributed by atoms with E-state index in [2.05, 4.69) is 19.2 Å². The van der Waals surface area contributed by atoms with E-state index >= 15 is 0 Å². The number of carbonyl (C=O) groups is 2. The lowest BCUT2D eigenvalue weighted by Gasteiger charge is -2.27. The van der Waals surface area contributed by atoms with Gasteiger partial charge in [0.15, 0.2) is 0 Å². The third-order valence-electron chi connectivity index (χ3n) is 3.65. The summed E-state index contributed by atoms with van der Waals surface area (Å²) in [4.78, 5) is 21.2. The van der Waals surface area contributed by atoms with E-state index in [1.165, 1.54) is 12.8 Å². The molecule has 1 N–H and O–H groups in total. The second-order valence-corrected chi connectivity index (χ2v) is 5.19. The quantitative estimate of drug-likeness (QED) is 0.591. The van der Waals surface area contributed by atoms with Gasteiger partial charge in [-0.25, -0.2) is 0 Å². The summed E-state index contributed by atoms with van der Waals surface area (Å²) in [5.74, 6) is 1.13. The first-order valence-corrected chi connectivity index (χ1v) is 6.39. The number of hydrogen-bond donors (Lipinski definition) is 1. The molecule has 0 heterocycles. The molecule has 0 radical (unpaired) electrons. The van der Waals surface area contributed by atoms with E-state index in [0.717, 1.165) is 37.5 Å². The van der Waals surface area contributed by atoms with Crippen LogP contribution in [0, 0.1) is 11.8 Å². The highest BCUT2D eigenvalue weighted by molar-refractivity contribution is 6.23. The monoisotopic (exact) mass is 225 g/mol. The summed E-state index contributed by atoms with van der Waals surface area (Å²) < 4.78 is 0. The minimum atomic E-state index is -0.467. The molecule has 92 valence electrons. The SMILES string of the molecule is CC(C)C1CCCC(NC(=O)C=O)CCC1. The van der Waals surface area contributed by atoms with E-state index in [0.29, 0.717) is 6.29 Å². The van der Waals surface area contributed by atoms with Gasteiger partial charge in [-0.1, -0.05) is 39.5 Å². The van der Waals surface area contributed by atoms with Crippen molar-refractivity contribution >= 4 is 12.2 Å². The Hall–Kier alpha value is -0.860. The summed E-state index contributed by atoms with van der Waals surface area (Å²) in [7, 11) is 0. The van der Waals surface area contributed by atoms with Crippen LogP contribution >= 0.6 is 0 Å². The molecule has 0 spiro atoms. The molecule has 0 aromatic rings. The van der Waals surface area contributed by atoms with E-state index in [-0.39, 0.29) is 6.04 Å². The van der Waals surface area contributed by atoms with Gasteiger partial charge in [-0.3, -0.25) is 9.59 Å². The number of rotatable bonds is 3. The number of hydrogen-bond acceptors (Lipinski definition) is 2. The molecule has 3 heteroatoms. The van der Waals surface area contributed by atoms with Crippen LogP contribution in [-0.2, 0) is 9.59 Å². The fourth-order valence-corrected chi connectivity index (χ4v) is 2.59. The van der Waals surface area contributed by atoms with Crippen LogP contribution in [0.4, 0.5) is 0 Å². The van der Waals surface area contributed by atoms with Crippen molar-refractivity contribution in [3.63, 3.8) is 0 Å². The average molecular weight is 225 g/mol. The maximum atomic E-state index is 11.0. The van der Waals surface area contributed by atoms with Gasteiger partial charge in [0.05, 0.1) is 0 Å². The van der Waals surface area contributed by atoms with E-state index in [9.17, 15) is 9.59 Å². The first-order valence-electron chi connectivity index (χ1n) is 6.39. The molecule has 0 saturated heterocycles. The lowest BCUT2D eigenvalue weighted by atomic mass is 9.82. The van der Waals surface area contributed by atoms with Crippen LogP contribution < -0.4 is 5.32 Å². The molecule has 1 rings (SSSR count). The van der Waals surface area contributed by atoms with E-state index in [1.54, 1.807) is 0 Å². The van der Waals surface area contributed by atoms with Crippen molar-refractivity contribution in [3.05, 3.63) is 0 Å².